The van der Waals surface area contributed by atoms with E-state index in [1.807, 2.05) is 17.0 Å². The van der Waals surface area contributed by atoms with E-state index >= 15 is 0 Å². The summed E-state index contributed by atoms with van der Waals surface area (Å²) in [6.45, 7) is 1.24. The van der Waals surface area contributed by atoms with Gasteiger partial charge in [-0.1, -0.05) is 29.8 Å². The maximum atomic E-state index is 12.7. The number of nitrogens with one attached hydrogen (secondary N) is 1. The third kappa shape index (κ3) is 2.35. The molecule has 0 unspecified atom stereocenters. The number of aromatic hydroxyl groups is 1. The Morgan fingerprint density at radius 3 is 2.87 bits per heavy atom. The Morgan fingerprint density at radius 1 is 1.22 bits per heavy atom. The van der Waals surface area contributed by atoms with Gasteiger partial charge in [-0.15, -0.1) is 0 Å². The van der Waals surface area contributed by atoms with Gasteiger partial charge in [-0.2, -0.15) is 0 Å². The molecule has 2 N–H and O–H groups in total. The number of hydrogen-bond acceptors (Lipinski definition) is 2. The van der Waals surface area contributed by atoms with Crippen molar-refractivity contribution in [3.05, 3.63) is 64.3 Å². The van der Waals surface area contributed by atoms with Crippen molar-refractivity contribution in [1.29, 1.82) is 0 Å². The molecule has 116 valence electrons. The Kier molecular flexibility index (Phi) is 3.27. The SMILES string of the molecule is O=C(c1ccc(O)c(Cl)c1)N1CCc2[nH]c3ccccc3c2C1. The summed E-state index contributed by atoms with van der Waals surface area (Å²) in [4.78, 5) is 18.0. The largest absolute Gasteiger partial charge is 0.506 e. The third-order valence-corrected chi connectivity index (χ3v) is 4.67. The highest BCUT2D eigenvalue weighted by atomic mass is 35.5. The molecule has 3 aromatic rings. The highest BCUT2D eigenvalue weighted by Gasteiger charge is 2.25. The van der Waals surface area contributed by atoms with Gasteiger partial charge >= 0.3 is 0 Å². The summed E-state index contributed by atoms with van der Waals surface area (Å²) in [5, 5.41) is 10.9. The van der Waals surface area contributed by atoms with Crippen molar-refractivity contribution in [1.82, 2.24) is 9.88 Å². The van der Waals surface area contributed by atoms with E-state index in [2.05, 4.69) is 17.1 Å². The lowest BCUT2D eigenvalue weighted by Crippen LogP contribution is -2.35. The first-order valence-corrected chi connectivity index (χ1v) is 7.87. The van der Waals surface area contributed by atoms with Crippen LogP contribution in [0.5, 0.6) is 5.75 Å². The van der Waals surface area contributed by atoms with Gasteiger partial charge in [0.05, 0.1) is 5.02 Å². The van der Waals surface area contributed by atoms with Crippen LogP contribution in [0.25, 0.3) is 10.9 Å². The number of halogens is 1. The number of benzene rings is 2. The van der Waals surface area contributed by atoms with Crippen LogP contribution in [0.4, 0.5) is 0 Å². The molecular formula is C18H15ClN2O2. The number of rotatable bonds is 1. The summed E-state index contributed by atoms with van der Waals surface area (Å²) in [7, 11) is 0. The zero-order chi connectivity index (χ0) is 16.0. The standard InChI is InChI=1S/C18H15ClN2O2/c19-14-9-11(5-6-17(14)22)18(23)21-8-7-16-13(10-21)12-3-1-2-4-15(12)20-16/h1-6,9,20,22H,7-8,10H2. The Balaban J connectivity index is 1.67. The monoisotopic (exact) mass is 326 g/mol. The van der Waals surface area contributed by atoms with Crippen LogP contribution >= 0.6 is 11.6 Å². The summed E-state index contributed by atoms with van der Waals surface area (Å²) in [5.74, 6) is -0.0800. The van der Waals surface area contributed by atoms with Crippen LogP contribution < -0.4 is 0 Å². The van der Waals surface area contributed by atoms with E-state index in [1.54, 1.807) is 6.07 Å². The zero-order valence-electron chi connectivity index (χ0n) is 12.3. The number of H-pyrrole nitrogens is 1. The zero-order valence-corrected chi connectivity index (χ0v) is 13.1. The number of aromatic nitrogens is 1. The van der Waals surface area contributed by atoms with E-state index < -0.39 is 0 Å². The van der Waals surface area contributed by atoms with E-state index in [1.165, 1.54) is 28.8 Å². The first-order chi connectivity index (χ1) is 11.1. The quantitative estimate of drug-likeness (QED) is 0.716. The minimum Gasteiger partial charge on any atom is -0.506 e. The normalized spacial score (nSPS) is 14.0. The molecule has 2 aromatic carbocycles. The second-order valence-corrected chi connectivity index (χ2v) is 6.18. The summed E-state index contributed by atoms with van der Waals surface area (Å²) in [6, 6.07) is 12.7. The minimum absolute atomic E-state index is 0.0132. The van der Waals surface area contributed by atoms with Crippen molar-refractivity contribution >= 4 is 28.4 Å². The first-order valence-electron chi connectivity index (χ1n) is 7.50. The van der Waals surface area contributed by atoms with Crippen molar-refractivity contribution in [3.8, 4) is 5.75 Å². The number of nitrogens with zero attached hydrogens (tertiary/aromatic N) is 1. The number of para-hydroxylation sites is 1. The number of phenols is 1. The molecule has 0 atom stereocenters. The second-order valence-electron chi connectivity index (χ2n) is 5.77. The van der Waals surface area contributed by atoms with Gasteiger partial charge < -0.3 is 15.0 Å². The third-order valence-electron chi connectivity index (χ3n) is 4.36. The molecule has 1 amide bonds. The Bertz CT molecular complexity index is 917. The van der Waals surface area contributed by atoms with Gasteiger partial charge in [0.25, 0.3) is 5.91 Å². The first kappa shape index (κ1) is 14.2. The van der Waals surface area contributed by atoms with Crippen molar-refractivity contribution in [2.45, 2.75) is 13.0 Å². The fourth-order valence-electron chi connectivity index (χ4n) is 3.16. The van der Waals surface area contributed by atoms with Crippen LogP contribution in [-0.4, -0.2) is 27.4 Å². The Morgan fingerprint density at radius 2 is 2.04 bits per heavy atom. The Hall–Kier alpha value is -2.46. The lowest BCUT2D eigenvalue weighted by atomic mass is 10.0. The maximum Gasteiger partial charge on any atom is 0.254 e. The van der Waals surface area contributed by atoms with Gasteiger partial charge in [-0.3, -0.25) is 4.79 Å². The molecule has 23 heavy (non-hydrogen) atoms. The molecular weight excluding hydrogens is 312 g/mol. The van der Waals surface area contributed by atoms with Gasteiger partial charge in [-0.05, 0) is 24.3 Å². The molecule has 0 bridgehead atoms. The number of amides is 1. The van der Waals surface area contributed by atoms with Gasteiger partial charge in [-0.25, -0.2) is 0 Å². The molecule has 1 aromatic heterocycles. The predicted molar refractivity (Wildman–Crippen MR) is 89.9 cm³/mol. The van der Waals surface area contributed by atoms with E-state index in [9.17, 15) is 9.90 Å². The summed E-state index contributed by atoms with van der Waals surface area (Å²) < 4.78 is 0. The molecule has 0 radical (unpaired) electrons. The summed E-state index contributed by atoms with van der Waals surface area (Å²) in [6.07, 6.45) is 0.807. The lowest BCUT2D eigenvalue weighted by Gasteiger charge is -2.27. The van der Waals surface area contributed by atoms with Crippen LogP contribution in [0.15, 0.2) is 42.5 Å². The highest BCUT2D eigenvalue weighted by molar-refractivity contribution is 6.32. The topological polar surface area (TPSA) is 56.3 Å². The molecule has 4 rings (SSSR count). The van der Waals surface area contributed by atoms with E-state index in [4.69, 9.17) is 11.6 Å². The van der Waals surface area contributed by atoms with Crippen LogP contribution in [-0.2, 0) is 13.0 Å². The average molecular weight is 327 g/mol. The number of carbonyl (C=O) groups excluding carboxylic acids is 1. The van der Waals surface area contributed by atoms with Crippen LogP contribution in [0, 0.1) is 0 Å². The van der Waals surface area contributed by atoms with Crippen molar-refractivity contribution in [3.63, 3.8) is 0 Å². The van der Waals surface area contributed by atoms with Crippen molar-refractivity contribution in [2.24, 2.45) is 0 Å². The van der Waals surface area contributed by atoms with Gasteiger partial charge in [0, 0.05) is 47.2 Å². The number of fused-ring (bicyclic) bond motifs is 3. The van der Waals surface area contributed by atoms with Crippen LogP contribution in [0.2, 0.25) is 5.02 Å². The molecule has 0 saturated carbocycles. The molecule has 5 heteroatoms. The maximum absolute atomic E-state index is 12.7. The molecule has 1 aliphatic heterocycles. The molecule has 0 spiro atoms. The molecule has 0 saturated heterocycles. The Labute approximate surface area is 138 Å². The predicted octanol–water partition coefficient (Wildman–Crippen LogP) is 3.73. The highest BCUT2D eigenvalue weighted by Crippen LogP contribution is 2.29. The van der Waals surface area contributed by atoms with E-state index in [0.29, 0.717) is 18.7 Å². The van der Waals surface area contributed by atoms with Gasteiger partial charge in [0.2, 0.25) is 0 Å². The van der Waals surface area contributed by atoms with Gasteiger partial charge in [0.15, 0.2) is 0 Å². The molecule has 1 aliphatic rings. The summed E-state index contributed by atoms with van der Waals surface area (Å²) >= 11 is 5.91. The van der Waals surface area contributed by atoms with Crippen LogP contribution in [0.3, 0.4) is 0 Å². The molecule has 0 aliphatic carbocycles. The number of hydrogen-bond donors (Lipinski definition) is 2. The molecule has 4 nitrogen and oxygen atoms in total. The average Bonchev–Trinajstić information content (AvgIpc) is 2.94. The summed E-state index contributed by atoms with van der Waals surface area (Å²) in [5.41, 5.74) is 4.00. The van der Waals surface area contributed by atoms with Crippen molar-refractivity contribution in [2.75, 3.05) is 6.54 Å². The minimum atomic E-state index is -0.0668. The number of aromatic amines is 1. The van der Waals surface area contributed by atoms with Gasteiger partial charge in [0.1, 0.15) is 5.75 Å². The molecule has 2 heterocycles. The lowest BCUT2D eigenvalue weighted by molar-refractivity contribution is 0.0735. The van der Waals surface area contributed by atoms with E-state index in [-0.39, 0.29) is 16.7 Å². The fraction of sp³-hybridized carbons (Fsp3) is 0.167. The van der Waals surface area contributed by atoms with E-state index in [0.717, 1.165) is 11.9 Å². The number of phenolic OH excluding ortho intramolecular Hbond substituents is 1. The molecule has 0 fully saturated rings. The number of carbonyl (C=O) groups is 1. The van der Waals surface area contributed by atoms with Crippen molar-refractivity contribution < 1.29 is 9.90 Å². The second kappa shape index (κ2) is 5.32. The smallest absolute Gasteiger partial charge is 0.254 e. The van der Waals surface area contributed by atoms with Crippen LogP contribution in [0.1, 0.15) is 21.6 Å². The fourth-order valence-corrected chi connectivity index (χ4v) is 3.34.